The molecule has 8 nitrogen and oxygen atoms in total. The molecule has 0 aromatic heterocycles. The van der Waals surface area contributed by atoms with Crippen LogP contribution in [0, 0.1) is 11.8 Å². The number of nitrogens with one attached hydrogen (secondary N) is 2. The summed E-state index contributed by atoms with van der Waals surface area (Å²) in [6.45, 7) is 6.36. The molecular formula is C25H40N4O4. The van der Waals surface area contributed by atoms with Gasteiger partial charge in [0.1, 0.15) is 6.04 Å². The monoisotopic (exact) mass is 460 g/mol. The Kier molecular flexibility index (Phi) is 7.72. The maximum absolute atomic E-state index is 13.5. The van der Waals surface area contributed by atoms with Crippen molar-refractivity contribution in [3.63, 3.8) is 0 Å². The summed E-state index contributed by atoms with van der Waals surface area (Å²) in [4.78, 5) is 56.3. The number of Topliss-reactive ketones (excluding diaryl/α,β-unsaturated/α-hetero) is 1. The van der Waals surface area contributed by atoms with E-state index in [1.54, 1.807) is 4.90 Å². The van der Waals surface area contributed by atoms with Crippen LogP contribution in [0.25, 0.3) is 0 Å². The van der Waals surface area contributed by atoms with Gasteiger partial charge in [0.05, 0.1) is 12.1 Å². The van der Waals surface area contributed by atoms with Crippen molar-refractivity contribution in [2.45, 2.75) is 102 Å². The lowest BCUT2D eigenvalue weighted by Crippen LogP contribution is -2.57. The predicted octanol–water partition coefficient (Wildman–Crippen LogP) is 1.62. The molecule has 2 aliphatic heterocycles. The third-order valence-corrected chi connectivity index (χ3v) is 8.08. The minimum atomic E-state index is -0.835. The molecular weight excluding hydrogens is 420 g/mol. The highest BCUT2D eigenvalue weighted by Gasteiger charge is 2.51. The summed E-state index contributed by atoms with van der Waals surface area (Å²) in [5, 5.41) is 5.63. The molecule has 4 aliphatic rings. The number of hydrogen-bond acceptors (Lipinski definition) is 5. The maximum atomic E-state index is 13.5. The lowest BCUT2D eigenvalue weighted by Gasteiger charge is -2.36. The van der Waals surface area contributed by atoms with E-state index < -0.39 is 23.8 Å². The quantitative estimate of drug-likeness (QED) is 0.510. The van der Waals surface area contributed by atoms with Gasteiger partial charge >= 0.3 is 0 Å². The topological polar surface area (TPSA) is 98.8 Å². The van der Waals surface area contributed by atoms with Crippen LogP contribution < -0.4 is 10.6 Å². The van der Waals surface area contributed by atoms with E-state index in [1.807, 2.05) is 13.8 Å². The van der Waals surface area contributed by atoms with Crippen LogP contribution in [-0.4, -0.2) is 77.1 Å². The van der Waals surface area contributed by atoms with Gasteiger partial charge in [-0.05, 0) is 76.8 Å². The smallest absolute Gasteiger partial charge is 0.289 e. The van der Waals surface area contributed by atoms with Crippen LogP contribution in [0.15, 0.2) is 0 Å². The third kappa shape index (κ3) is 5.42. The number of amides is 3. The first-order chi connectivity index (χ1) is 15.9. The molecule has 2 heterocycles. The fourth-order valence-corrected chi connectivity index (χ4v) is 6.03. The predicted molar refractivity (Wildman–Crippen MR) is 124 cm³/mol. The van der Waals surface area contributed by atoms with Gasteiger partial charge in [-0.15, -0.1) is 0 Å². The van der Waals surface area contributed by atoms with E-state index >= 15 is 0 Å². The lowest BCUT2D eigenvalue weighted by atomic mass is 9.93. The molecule has 0 aromatic rings. The molecule has 2 saturated heterocycles. The first-order valence-electron chi connectivity index (χ1n) is 13.1. The molecule has 3 amide bonds. The number of ketones is 1. The zero-order chi connectivity index (χ0) is 23.5. The molecule has 33 heavy (non-hydrogen) atoms. The Balaban J connectivity index is 1.46. The van der Waals surface area contributed by atoms with E-state index in [9.17, 15) is 19.2 Å². The Bertz CT molecular complexity index is 762. The van der Waals surface area contributed by atoms with Gasteiger partial charge in [-0.25, -0.2) is 0 Å². The van der Waals surface area contributed by atoms with E-state index in [0.717, 1.165) is 58.0 Å². The standard InChI is InChI=1S/C25H40N4O4/c1-3-8-20(22(30)24(32)26-18-11-12-18)27-23(31)21-19-10-7-9-17(19)15-29(21)25(33)16(2)28-13-5-4-6-14-28/h16-21H,3-15H2,1-2H3,(H,26,32)(H,27,31). The largest absolute Gasteiger partial charge is 0.347 e. The second-order valence-electron chi connectivity index (χ2n) is 10.5. The molecule has 0 bridgehead atoms. The zero-order valence-corrected chi connectivity index (χ0v) is 20.2. The van der Waals surface area contributed by atoms with Crippen LogP contribution in [0.2, 0.25) is 0 Å². The number of carbonyl (C=O) groups is 4. The van der Waals surface area contributed by atoms with Gasteiger partial charge < -0.3 is 15.5 Å². The van der Waals surface area contributed by atoms with Crippen LogP contribution >= 0.6 is 0 Å². The van der Waals surface area contributed by atoms with E-state index in [1.165, 1.54) is 6.42 Å². The van der Waals surface area contributed by atoms with Crippen LogP contribution in [0.5, 0.6) is 0 Å². The van der Waals surface area contributed by atoms with Gasteiger partial charge in [0.15, 0.2) is 0 Å². The third-order valence-electron chi connectivity index (χ3n) is 8.08. The Morgan fingerprint density at radius 1 is 0.970 bits per heavy atom. The number of rotatable bonds is 9. The molecule has 2 saturated carbocycles. The highest BCUT2D eigenvalue weighted by atomic mass is 16.2. The molecule has 4 rings (SSSR count). The summed E-state index contributed by atoms with van der Waals surface area (Å²) in [7, 11) is 0. The van der Waals surface area contributed by atoms with Crippen molar-refractivity contribution in [3.05, 3.63) is 0 Å². The van der Waals surface area contributed by atoms with E-state index in [-0.39, 0.29) is 29.8 Å². The van der Waals surface area contributed by atoms with E-state index in [2.05, 4.69) is 15.5 Å². The minimum Gasteiger partial charge on any atom is -0.347 e. The molecule has 8 heteroatoms. The average Bonchev–Trinajstić information content (AvgIpc) is 3.38. The van der Waals surface area contributed by atoms with Gasteiger partial charge in [0.25, 0.3) is 5.91 Å². The number of carbonyl (C=O) groups excluding carboxylic acids is 4. The van der Waals surface area contributed by atoms with Crippen molar-refractivity contribution in [2.75, 3.05) is 19.6 Å². The summed E-state index contributed by atoms with van der Waals surface area (Å²) in [5.74, 6) is -0.937. The van der Waals surface area contributed by atoms with Gasteiger partial charge in [-0.2, -0.15) is 0 Å². The van der Waals surface area contributed by atoms with Crippen molar-refractivity contribution in [2.24, 2.45) is 11.8 Å². The van der Waals surface area contributed by atoms with Crippen molar-refractivity contribution in [3.8, 4) is 0 Å². The van der Waals surface area contributed by atoms with Gasteiger partial charge in [0, 0.05) is 12.6 Å². The fraction of sp³-hybridized carbons (Fsp3) is 0.840. The average molecular weight is 461 g/mol. The number of hydrogen-bond donors (Lipinski definition) is 2. The molecule has 4 fully saturated rings. The molecule has 2 N–H and O–H groups in total. The summed E-state index contributed by atoms with van der Waals surface area (Å²) < 4.78 is 0. The minimum absolute atomic E-state index is 0.0243. The van der Waals surface area contributed by atoms with Gasteiger partial charge in [0.2, 0.25) is 17.6 Å². The van der Waals surface area contributed by atoms with Crippen molar-refractivity contribution in [1.82, 2.24) is 20.4 Å². The van der Waals surface area contributed by atoms with Crippen LogP contribution in [0.4, 0.5) is 0 Å². The van der Waals surface area contributed by atoms with Gasteiger partial charge in [-0.3, -0.25) is 24.1 Å². The van der Waals surface area contributed by atoms with Crippen LogP contribution in [-0.2, 0) is 19.2 Å². The number of fused-ring (bicyclic) bond motifs is 1. The number of likely N-dealkylation sites (tertiary alicyclic amines) is 2. The molecule has 2 aliphatic carbocycles. The summed E-state index contributed by atoms with van der Waals surface area (Å²) in [6.07, 6.45) is 9.37. The second kappa shape index (κ2) is 10.5. The van der Waals surface area contributed by atoms with Crippen molar-refractivity contribution >= 4 is 23.5 Å². The summed E-state index contributed by atoms with van der Waals surface area (Å²) >= 11 is 0. The normalized spacial score (nSPS) is 29.3. The molecule has 5 unspecified atom stereocenters. The molecule has 0 aromatic carbocycles. The van der Waals surface area contributed by atoms with Crippen LogP contribution in [0.1, 0.15) is 78.1 Å². The zero-order valence-electron chi connectivity index (χ0n) is 20.2. The molecule has 0 radical (unpaired) electrons. The maximum Gasteiger partial charge on any atom is 0.289 e. The molecule has 0 spiro atoms. The second-order valence-corrected chi connectivity index (χ2v) is 10.5. The summed E-state index contributed by atoms with van der Waals surface area (Å²) in [6, 6.07) is -1.52. The molecule has 184 valence electrons. The fourth-order valence-electron chi connectivity index (χ4n) is 6.03. The SMILES string of the molecule is CCCC(NC(=O)C1C2CCCC2CN1C(=O)C(C)N1CCCCC1)C(=O)C(=O)NC1CC1. The van der Waals surface area contributed by atoms with Crippen LogP contribution in [0.3, 0.4) is 0 Å². The first kappa shape index (κ1) is 24.2. The van der Waals surface area contributed by atoms with E-state index in [4.69, 9.17) is 0 Å². The summed E-state index contributed by atoms with van der Waals surface area (Å²) in [5.41, 5.74) is 0. The van der Waals surface area contributed by atoms with Crippen molar-refractivity contribution in [1.29, 1.82) is 0 Å². The Hall–Kier alpha value is -1.96. The lowest BCUT2D eigenvalue weighted by molar-refractivity contribution is -0.145. The highest BCUT2D eigenvalue weighted by Crippen LogP contribution is 2.42. The highest BCUT2D eigenvalue weighted by molar-refractivity contribution is 6.38. The van der Waals surface area contributed by atoms with E-state index in [0.29, 0.717) is 25.3 Å². The molecule has 5 atom stereocenters. The first-order valence-corrected chi connectivity index (χ1v) is 13.1. The number of piperidine rings is 1. The van der Waals surface area contributed by atoms with Crippen molar-refractivity contribution < 1.29 is 19.2 Å². The number of nitrogens with zero attached hydrogens (tertiary/aromatic N) is 2. The Morgan fingerprint density at radius 3 is 2.36 bits per heavy atom. The Morgan fingerprint density at radius 2 is 1.70 bits per heavy atom. The van der Waals surface area contributed by atoms with Gasteiger partial charge in [-0.1, -0.05) is 26.2 Å². The Labute approximate surface area is 197 Å².